The number of esters is 1. The van der Waals surface area contributed by atoms with E-state index in [0.29, 0.717) is 10.6 Å². The van der Waals surface area contributed by atoms with Gasteiger partial charge in [0.05, 0.1) is 18.6 Å². The molecule has 25 heavy (non-hydrogen) atoms. The highest BCUT2D eigenvalue weighted by Gasteiger charge is 2.60. The van der Waals surface area contributed by atoms with Crippen molar-refractivity contribution in [2.24, 2.45) is 17.3 Å². The maximum atomic E-state index is 12.8. The topological polar surface area (TPSA) is 55.4 Å². The molecule has 1 fully saturated rings. The zero-order valence-corrected chi connectivity index (χ0v) is 16.8. The molecule has 0 spiro atoms. The minimum Gasteiger partial charge on any atom is -0.465 e. The van der Waals surface area contributed by atoms with Gasteiger partial charge >= 0.3 is 5.97 Å². The van der Waals surface area contributed by atoms with Crippen LogP contribution >= 0.6 is 34.5 Å². The van der Waals surface area contributed by atoms with E-state index in [2.05, 4.69) is 5.32 Å². The molecule has 0 aromatic carbocycles. The number of halogens is 2. The van der Waals surface area contributed by atoms with Gasteiger partial charge in [0, 0.05) is 4.88 Å². The maximum Gasteiger partial charge on any atom is 0.341 e. The van der Waals surface area contributed by atoms with Crippen molar-refractivity contribution in [3.8, 4) is 0 Å². The third kappa shape index (κ3) is 3.46. The lowest BCUT2D eigenvalue weighted by Crippen LogP contribution is -2.18. The summed E-state index contributed by atoms with van der Waals surface area (Å²) in [6, 6.07) is 0. The van der Waals surface area contributed by atoms with Crippen LogP contribution in [0.25, 0.3) is 0 Å². The Morgan fingerprint density at radius 1 is 1.28 bits per heavy atom. The number of carbonyl (C=O) groups is 2. The third-order valence-electron chi connectivity index (χ3n) is 5.30. The van der Waals surface area contributed by atoms with Gasteiger partial charge in [-0.15, -0.1) is 11.3 Å². The molecule has 4 nitrogen and oxygen atoms in total. The normalized spacial score (nSPS) is 23.4. The Morgan fingerprint density at radius 2 is 1.96 bits per heavy atom. The van der Waals surface area contributed by atoms with Crippen LogP contribution in [0.5, 0.6) is 0 Å². The summed E-state index contributed by atoms with van der Waals surface area (Å²) in [6.45, 7) is 4.02. The van der Waals surface area contributed by atoms with Crippen LogP contribution in [0, 0.1) is 17.3 Å². The molecule has 1 saturated carbocycles. The number of thiophene rings is 1. The van der Waals surface area contributed by atoms with E-state index in [4.69, 9.17) is 27.9 Å². The van der Waals surface area contributed by atoms with Crippen LogP contribution in [0.4, 0.5) is 5.00 Å². The molecule has 1 heterocycles. The van der Waals surface area contributed by atoms with Gasteiger partial charge in [-0.1, -0.05) is 37.0 Å². The molecule has 1 amide bonds. The van der Waals surface area contributed by atoms with E-state index in [1.807, 2.05) is 13.8 Å². The van der Waals surface area contributed by atoms with Crippen molar-refractivity contribution < 1.29 is 14.3 Å². The molecule has 1 aromatic rings. The summed E-state index contributed by atoms with van der Waals surface area (Å²) >= 11 is 13.0. The molecule has 3 rings (SSSR count). The summed E-state index contributed by atoms with van der Waals surface area (Å²) in [7, 11) is 1.37. The molecule has 1 aromatic heterocycles. The lowest BCUT2D eigenvalue weighted by atomic mass is 9.95. The van der Waals surface area contributed by atoms with Crippen molar-refractivity contribution in [3.05, 3.63) is 26.6 Å². The van der Waals surface area contributed by atoms with E-state index < -0.39 is 0 Å². The van der Waals surface area contributed by atoms with Crippen molar-refractivity contribution >= 4 is 51.4 Å². The van der Waals surface area contributed by atoms with Crippen LogP contribution in [0.15, 0.2) is 10.6 Å². The highest BCUT2D eigenvalue weighted by atomic mass is 35.5. The standard InChI is InChI=1S/C18H21Cl2NO3S/c1-18(2)10(8-12(19)20)14(18)15(22)21-16-13(17(23)24-3)9-6-4-5-7-11(9)25-16/h8,10,14H,4-7H2,1-3H3,(H,21,22)/t10-,14-/m0/s1. The van der Waals surface area contributed by atoms with Crippen molar-refractivity contribution in [3.63, 3.8) is 0 Å². The molecule has 0 saturated heterocycles. The summed E-state index contributed by atoms with van der Waals surface area (Å²) in [4.78, 5) is 26.2. The molecule has 2 aliphatic carbocycles. The molecule has 136 valence electrons. The molecule has 1 N–H and O–H groups in total. The number of allylic oxidation sites excluding steroid dienone is 1. The number of fused-ring (bicyclic) bond motifs is 1. The van der Waals surface area contributed by atoms with E-state index in [0.717, 1.165) is 31.2 Å². The Hall–Kier alpha value is -1.04. The number of rotatable bonds is 4. The van der Waals surface area contributed by atoms with Gasteiger partial charge in [0.2, 0.25) is 5.91 Å². The van der Waals surface area contributed by atoms with Crippen molar-refractivity contribution in [2.45, 2.75) is 39.5 Å². The Morgan fingerprint density at radius 3 is 2.60 bits per heavy atom. The smallest absolute Gasteiger partial charge is 0.341 e. The van der Waals surface area contributed by atoms with Crippen LogP contribution < -0.4 is 5.32 Å². The van der Waals surface area contributed by atoms with Crippen LogP contribution in [0.2, 0.25) is 0 Å². The lowest BCUT2D eigenvalue weighted by molar-refractivity contribution is -0.118. The predicted octanol–water partition coefficient (Wildman–Crippen LogP) is 4.94. The zero-order chi connectivity index (χ0) is 18.4. The lowest BCUT2D eigenvalue weighted by Gasteiger charge is -2.11. The molecule has 7 heteroatoms. The summed E-state index contributed by atoms with van der Waals surface area (Å²) in [5.41, 5.74) is 1.35. The molecule has 2 aliphatic rings. The Labute approximate surface area is 161 Å². The van der Waals surface area contributed by atoms with Crippen LogP contribution in [-0.2, 0) is 22.4 Å². The van der Waals surface area contributed by atoms with Gasteiger partial charge in [-0.05, 0) is 48.7 Å². The zero-order valence-electron chi connectivity index (χ0n) is 14.4. The van der Waals surface area contributed by atoms with E-state index >= 15 is 0 Å². The van der Waals surface area contributed by atoms with Crippen LogP contribution in [0.1, 0.15) is 47.5 Å². The third-order valence-corrected chi connectivity index (χ3v) is 6.76. The SMILES string of the molecule is COC(=O)c1c(NC(=O)[C@@H]2[C@H](C=C(Cl)Cl)C2(C)C)sc2c1CCCC2. The van der Waals surface area contributed by atoms with E-state index in [1.54, 1.807) is 6.08 Å². The fraction of sp³-hybridized carbons (Fsp3) is 0.556. The fourth-order valence-corrected chi connectivity index (χ4v) is 5.34. The van der Waals surface area contributed by atoms with Gasteiger partial charge in [-0.2, -0.15) is 0 Å². The monoisotopic (exact) mass is 401 g/mol. The molecule has 2 atom stereocenters. The maximum absolute atomic E-state index is 12.8. The molecule has 0 unspecified atom stereocenters. The number of carbonyl (C=O) groups excluding carboxylic acids is 2. The van der Waals surface area contributed by atoms with Crippen molar-refractivity contribution in [1.82, 2.24) is 0 Å². The number of anilines is 1. The van der Waals surface area contributed by atoms with Crippen LogP contribution in [-0.4, -0.2) is 19.0 Å². The minimum absolute atomic E-state index is 0.00587. The number of ether oxygens (including phenoxy) is 1. The summed E-state index contributed by atoms with van der Waals surface area (Å²) < 4.78 is 5.12. The average molecular weight is 402 g/mol. The molecular weight excluding hydrogens is 381 g/mol. The summed E-state index contributed by atoms with van der Waals surface area (Å²) in [5.74, 6) is -0.715. The second-order valence-corrected chi connectivity index (χ2v) is 9.29. The van der Waals surface area contributed by atoms with Crippen molar-refractivity contribution in [1.29, 1.82) is 0 Å². The first-order valence-electron chi connectivity index (χ1n) is 8.34. The predicted molar refractivity (Wildman–Crippen MR) is 101 cm³/mol. The first kappa shape index (κ1) is 18.7. The van der Waals surface area contributed by atoms with Crippen molar-refractivity contribution in [2.75, 3.05) is 12.4 Å². The van der Waals surface area contributed by atoms with Gasteiger partial charge < -0.3 is 10.1 Å². The fourth-order valence-electron chi connectivity index (χ4n) is 3.79. The van der Waals surface area contributed by atoms with Gasteiger partial charge in [-0.3, -0.25) is 4.79 Å². The number of nitrogens with one attached hydrogen (secondary N) is 1. The van der Waals surface area contributed by atoms with E-state index in [-0.39, 0.29) is 33.6 Å². The highest BCUT2D eigenvalue weighted by Crippen LogP contribution is 2.60. The van der Waals surface area contributed by atoms with Gasteiger partial charge in [0.25, 0.3) is 0 Å². The number of hydrogen-bond donors (Lipinski definition) is 1. The second-order valence-electron chi connectivity index (χ2n) is 7.18. The van der Waals surface area contributed by atoms with Gasteiger partial charge in [0.1, 0.15) is 9.49 Å². The second kappa shape index (κ2) is 6.93. The van der Waals surface area contributed by atoms with Gasteiger partial charge in [-0.25, -0.2) is 4.79 Å². The van der Waals surface area contributed by atoms with Gasteiger partial charge in [0.15, 0.2) is 0 Å². The minimum atomic E-state index is -0.384. The number of amides is 1. The first-order chi connectivity index (χ1) is 11.8. The Bertz CT molecular complexity index is 750. The Kier molecular flexibility index (Phi) is 5.20. The largest absolute Gasteiger partial charge is 0.465 e. The van der Waals surface area contributed by atoms with Crippen LogP contribution in [0.3, 0.4) is 0 Å². The highest BCUT2D eigenvalue weighted by molar-refractivity contribution is 7.17. The van der Waals surface area contributed by atoms with E-state index in [9.17, 15) is 9.59 Å². The quantitative estimate of drug-likeness (QED) is 0.726. The molecule has 0 bridgehead atoms. The molecule has 0 radical (unpaired) electrons. The summed E-state index contributed by atoms with van der Waals surface area (Å²) in [6.07, 6.45) is 5.68. The summed E-state index contributed by atoms with van der Waals surface area (Å²) in [5, 5.41) is 3.57. The average Bonchev–Trinajstić information content (AvgIpc) is 2.90. The first-order valence-corrected chi connectivity index (χ1v) is 9.91. The molecular formula is C18H21Cl2NO3S. The number of methoxy groups -OCH3 is 1. The number of hydrogen-bond acceptors (Lipinski definition) is 4. The molecule has 0 aliphatic heterocycles. The Balaban J connectivity index is 1.86. The van der Waals surface area contributed by atoms with E-state index in [1.165, 1.54) is 23.3 Å². The number of aryl methyl sites for hydroxylation is 1.